The summed E-state index contributed by atoms with van der Waals surface area (Å²) < 4.78 is 0. The van der Waals surface area contributed by atoms with E-state index >= 15 is 0 Å². The van der Waals surface area contributed by atoms with Crippen molar-refractivity contribution in [2.45, 2.75) is 0 Å². The SMILES string of the molecule is C[N+]([O-])(O)c1c(C=O)ccc2ccccc12. The van der Waals surface area contributed by atoms with E-state index in [1.807, 2.05) is 12.1 Å². The molecule has 16 heavy (non-hydrogen) atoms. The molecule has 1 unspecified atom stereocenters. The van der Waals surface area contributed by atoms with Crippen molar-refractivity contribution in [2.24, 2.45) is 0 Å². The maximum atomic E-state index is 11.6. The Bertz CT molecular complexity index is 543. The molecule has 0 aliphatic heterocycles. The first-order chi connectivity index (χ1) is 7.54. The Morgan fingerprint density at radius 1 is 1.25 bits per heavy atom. The summed E-state index contributed by atoms with van der Waals surface area (Å²) in [5.74, 6) is 0. The standard InChI is InChI=1S/C12H11NO3/c1-13(15,16)12-10(8-14)7-6-9-4-2-3-5-11(9)12/h2-8,15H,1H3. The molecule has 0 fully saturated rings. The number of carbonyl (C=O) groups excluding carboxylic acids is 1. The number of carbonyl (C=O) groups is 1. The van der Waals surface area contributed by atoms with Crippen LogP contribution in [0.2, 0.25) is 0 Å². The molecule has 4 heteroatoms. The molecule has 0 amide bonds. The lowest BCUT2D eigenvalue weighted by molar-refractivity contribution is -0.00361. The Kier molecular flexibility index (Phi) is 2.47. The van der Waals surface area contributed by atoms with Gasteiger partial charge in [0.2, 0.25) is 0 Å². The molecule has 2 rings (SSSR count). The summed E-state index contributed by atoms with van der Waals surface area (Å²) in [6.07, 6.45) is 0.576. The third kappa shape index (κ3) is 1.69. The number of hydrogen-bond acceptors (Lipinski definition) is 3. The fraction of sp³-hybridized carbons (Fsp3) is 0.0833. The first-order valence-electron chi connectivity index (χ1n) is 4.82. The minimum Gasteiger partial charge on any atom is -0.593 e. The van der Waals surface area contributed by atoms with Crippen LogP contribution < -0.4 is 4.81 Å². The Morgan fingerprint density at radius 2 is 1.94 bits per heavy atom. The largest absolute Gasteiger partial charge is 0.593 e. The first-order valence-corrected chi connectivity index (χ1v) is 4.82. The molecule has 0 heterocycles. The molecule has 0 spiro atoms. The number of hydrogen-bond donors (Lipinski definition) is 1. The Hall–Kier alpha value is -1.75. The molecule has 1 atom stereocenters. The summed E-state index contributed by atoms with van der Waals surface area (Å²) in [6.45, 7) is 0. The number of fused-ring (bicyclic) bond motifs is 1. The van der Waals surface area contributed by atoms with Crippen LogP contribution in [0.15, 0.2) is 36.4 Å². The van der Waals surface area contributed by atoms with Gasteiger partial charge in [-0.05, 0) is 17.5 Å². The van der Waals surface area contributed by atoms with Crippen molar-refractivity contribution in [3.8, 4) is 0 Å². The van der Waals surface area contributed by atoms with E-state index < -0.39 is 4.81 Å². The third-order valence-corrected chi connectivity index (χ3v) is 2.47. The van der Waals surface area contributed by atoms with Crippen LogP contribution in [-0.2, 0) is 0 Å². The van der Waals surface area contributed by atoms with Crippen LogP contribution in [0.4, 0.5) is 5.69 Å². The summed E-state index contributed by atoms with van der Waals surface area (Å²) >= 11 is 0. The van der Waals surface area contributed by atoms with E-state index in [0.717, 1.165) is 12.4 Å². The van der Waals surface area contributed by atoms with Gasteiger partial charge in [0.15, 0.2) is 12.0 Å². The molecular formula is C12H11NO3. The second-order valence-electron chi connectivity index (χ2n) is 3.72. The van der Waals surface area contributed by atoms with Crippen LogP contribution in [0.5, 0.6) is 0 Å². The first kappa shape index (κ1) is 10.8. The molecule has 2 aromatic rings. The molecule has 2 aromatic carbocycles. The molecule has 0 radical (unpaired) electrons. The third-order valence-electron chi connectivity index (χ3n) is 2.47. The van der Waals surface area contributed by atoms with E-state index in [9.17, 15) is 15.2 Å². The van der Waals surface area contributed by atoms with Crippen LogP contribution in [0, 0.1) is 5.21 Å². The monoisotopic (exact) mass is 217 g/mol. The van der Waals surface area contributed by atoms with Crippen molar-refractivity contribution < 1.29 is 10.0 Å². The molecule has 0 aliphatic carbocycles. The fourth-order valence-electron chi connectivity index (χ4n) is 1.83. The molecule has 0 bridgehead atoms. The number of aldehydes is 1. The van der Waals surface area contributed by atoms with Gasteiger partial charge in [-0.2, -0.15) is 4.81 Å². The van der Waals surface area contributed by atoms with Crippen LogP contribution >= 0.6 is 0 Å². The van der Waals surface area contributed by atoms with Gasteiger partial charge in [0.25, 0.3) is 0 Å². The summed E-state index contributed by atoms with van der Waals surface area (Å²) in [5.41, 5.74) is 0.284. The highest BCUT2D eigenvalue weighted by atomic mass is 16.8. The van der Waals surface area contributed by atoms with Crippen molar-refractivity contribution in [3.05, 3.63) is 47.2 Å². The number of rotatable bonds is 2. The Morgan fingerprint density at radius 3 is 2.56 bits per heavy atom. The fourth-order valence-corrected chi connectivity index (χ4v) is 1.83. The maximum absolute atomic E-state index is 11.6. The van der Waals surface area contributed by atoms with Crippen molar-refractivity contribution in [2.75, 3.05) is 7.05 Å². The molecular weight excluding hydrogens is 206 g/mol. The summed E-state index contributed by atoms with van der Waals surface area (Å²) in [6, 6.07) is 10.4. The molecule has 82 valence electrons. The lowest BCUT2D eigenvalue weighted by Gasteiger charge is -2.30. The number of nitrogens with zero attached hydrogens (tertiary/aromatic N) is 1. The lowest BCUT2D eigenvalue weighted by Crippen LogP contribution is -2.34. The molecule has 0 saturated heterocycles. The average molecular weight is 217 g/mol. The highest BCUT2D eigenvalue weighted by molar-refractivity contribution is 6.01. The van der Waals surface area contributed by atoms with Gasteiger partial charge in [-0.25, -0.2) is 5.21 Å². The van der Waals surface area contributed by atoms with Gasteiger partial charge in [0.1, 0.15) is 7.05 Å². The predicted octanol–water partition coefficient (Wildman–Crippen LogP) is 2.48. The number of benzene rings is 2. The molecule has 0 aromatic heterocycles. The van der Waals surface area contributed by atoms with Crippen LogP contribution in [-0.4, -0.2) is 18.5 Å². The van der Waals surface area contributed by atoms with Crippen LogP contribution in [0.25, 0.3) is 10.8 Å². The predicted molar refractivity (Wildman–Crippen MR) is 62.2 cm³/mol. The zero-order chi connectivity index (χ0) is 11.8. The van der Waals surface area contributed by atoms with E-state index in [1.54, 1.807) is 18.2 Å². The van der Waals surface area contributed by atoms with Gasteiger partial charge in [-0.1, -0.05) is 24.3 Å². The van der Waals surface area contributed by atoms with E-state index in [4.69, 9.17) is 0 Å². The summed E-state index contributed by atoms with van der Waals surface area (Å²) in [4.78, 5) is 9.26. The molecule has 4 nitrogen and oxygen atoms in total. The highest BCUT2D eigenvalue weighted by Crippen LogP contribution is 2.31. The van der Waals surface area contributed by atoms with Gasteiger partial charge in [-0.3, -0.25) is 4.79 Å². The Labute approximate surface area is 92.5 Å². The normalized spacial score (nSPS) is 14.7. The molecule has 0 saturated carbocycles. The second kappa shape index (κ2) is 3.68. The summed E-state index contributed by atoms with van der Waals surface area (Å²) in [7, 11) is 1.08. The van der Waals surface area contributed by atoms with Crippen molar-refractivity contribution in [1.29, 1.82) is 0 Å². The Balaban J connectivity index is 2.89. The van der Waals surface area contributed by atoms with Gasteiger partial charge < -0.3 is 5.21 Å². The quantitative estimate of drug-likeness (QED) is 0.477. The van der Waals surface area contributed by atoms with Crippen LogP contribution in [0.3, 0.4) is 0 Å². The second-order valence-corrected chi connectivity index (χ2v) is 3.72. The zero-order valence-electron chi connectivity index (χ0n) is 8.75. The average Bonchev–Trinajstić information content (AvgIpc) is 2.26. The minimum absolute atomic E-state index is 0.0769. The van der Waals surface area contributed by atoms with E-state index in [0.29, 0.717) is 11.7 Å². The van der Waals surface area contributed by atoms with Gasteiger partial charge >= 0.3 is 0 Å². The zero-order valence-corrected chi connectivity index (χ0v) is 8.75. The lowest BCUT2D eigenvalue weighted by atomic mass is 10.0. The van der Waals surface area contributed by atoms with E-state index in [-0.39, 0.29) is 11.3 Å². The van der Waals surface area contributed by atoms with Crippen molar-refractivity contribution in [1.82, 2.24) is 4.81 Å². The molecule has 0 aliphatic rings. The minimum atomic E-state index is -1.60. The van der Waals surface area contributed by atoms with Crippen molar-refractivity contribution >= 4 is 22.7 Å². The summed E-state index contributed by atoms with van der Waals surface area (Å²) in [5, 5.41) is 22.6. The van der Waals surface area contributed by atoms with E-state index in [2.05, 4.69) is 0 Å². The number of hydroxylamine groups is 2. The van der Waals surface area contributed by atoms with Gasteiger partial charge in [-0.15, -0.1) is 0 Å². The van der Waals surface area contributed by atoms with Gasteiger partial charge in [0, 0.05) is 5.39 Å². The topological polar surface area (TPSA) is 60.4 Å². The smallest absolute Gasteiger partial charge is 0.183 e. The number of quaternary nitrogens is 1. The van der Waals surface area contributed by atoms with Crippen LogP contribution in [0.1, 0.15) is 10.4 Å². The van der Waals surface area contributed by atoms with E-state index in [1.165, 1.54) is 6.07 Å². The van der Waals surface area contributed by atoms with Crippen molar-refractivity contribution in [3.63, 3.8) is 0 Å². The highest BCUT2D eigenvalue weighted by Gasteiger charge is 2.20. The maximum Gasteiger partial charge on any atom is 0.183 e. The molecule has 1 N–H and O–H groups in total. The van der Waals surface area contributed by atoms with Gasteiger partial charge in [0.05, 0.1) is 5.56 Å².